The molecule has 0 atom stereocenters. The zero-order valence-electron chi connectivity index (χ0n) is 12.5. The van der Waals surface area contributed by atoms with Crippen molar-refractivity contribution in [3.05, 3.63) is 0 Å². The Morgan fingerprint density at radius 3 is 2.00 bits per heavy atom. The van der Waals surface area contributed by atoms with Crippen molar-refractivity contribution >= 4 is 14.5 Å². The molecule has 3 heteroatoms. The van der Waals surface area contributed by atoms with E-state index in [1.165, 1.54) is 32.0 Å². The van der Waals surface area contributed by atoms with E-state index < -0.39 is 7.94 Å². The third-order valence-electron chi connectivity index (χ3n) is 4.34. The quantitative estimate of drug-likeness (QED) is 0.460. The third-order valence-corrected chi connectivity index (χ3v) is 10.3. The second kappa shape index (κ2) is 6.85. The summed E-state index contributed by atoms with van der Waals surface area (Å²) in [4.78, 5) is 0. The summed E-state index contributed by atoms with van der Waals surface area (Å²) in [6.07, 6.45) is 6.64. The maximum Gasteiger partial charge on any atom is 0.279 e. The summed E-state index contributed by atoms with van der Waals surface area (Å²) in [5.41, 5.74) is 0. The average Bonchev–Trinajstić information content (AvgIpc) is 2.16. The molecule has 0 unspecified atom stereocenters. The molecule has 0 aliphatic rings. The first kappa shape index (κ1) is 16.2. The first-order valence-corrected chi connectivity index (χ1v) is 9.88. The van der Waals surface area contributed by atoms with Crippen LogP contribution in [0.5, 0.6) is 0 Å². The molecule has 0 aromatic rings. The lowest BCUT2D eigenvalue weighted by atomic mass is 9.88. The molecule has 0 aromatic heterocycles. The molecule has 0 rings (SSSR count). The van der Waals surface area contributed by atoms with Crippen molar-refractivity contribution in [2.75, 3.05) is 7.11 Å². The lowest BCUT2D eigenvalue weighted by molar-refractivity contribution is 0.426. The van der Waals surface area contributed by atoms with Crippen molar-refractivity contribution in [3.63, 3.8) is 0 Å². The fraction of sp³-hybridized carbons (Fsp3) is 1.00. The van der Waals surface area contributed by atoms with Gasteiger partial charge in [-0.05, 0) is 5.04 Å². The summed E-state index contributed by atoms with van der Waals surface area (Å²) < 4.78 is 5.78. The first-order chi connectivity index (χ1) is 7.27. The molecule has 1 nitrogen and oxygen atoms in total. The highest BCUT2D eigenvalue weighted by molar-refractivity contribution is 7.31. The summed E-state index contributed by atoms with van der Waals surface area (Å²) in [6, 6.07) is 0. The monoisotopic (exact) mass is 242 g/mol. The molecular weight excluding hydrogens is 211 g/mol. The van der Waals surface area contributed by atoms with Crippen molar-refractivity contribution in [1.29, 1.82) is 0 Å². The van der Waals surface area contributed by atoms with Crippen LogP contribution in [0.25, 0.3) is 0 Å². The third kappa shape index (κ3) is 4.62. The molecule has 0 aliphatic carbocycles. The van der Waals surface area contributed by atoms with Gasteiger partial charge in [0.05, 0.1) is 7.94 Å². The van der Waals surface area contributed by atoms with Crippen LogP contribution in [0.3, 0.4) is 0 Å². The lowest BCUT2D eigenvalue weighted by Crippen LogP contribution is -2.53. The topological polar surface area (TPSA) is 9.23 Å². The zero-order chi connectivity index (χ0) is 12.8. The molecule has 0 heterocycles. The van der Waals surface area contributed by atoms with E-state index in [-0.39, 0.29) is 0 Å². The van der Waals surface area contributed by atoms with Gasteiger partial charge in [-0.1, -0.05) is 72.8 Å². The summed E-state index contributed by atoms with van der Waals surface area (Å²) in [6.45, 7) is 14.8. The Balaban J connectivity index is 4.26. The van der Waals surface area contributed by atoms with Crippen LogP contribution >= 0.6 is 0 Å². The highest BCUT2D eigenvalue weighted by Crippen LogP contribution is 2.38. The fourth-order valence-electron chi connectivity index (χ4n) is 2.01. The lowest BCUT2D eigenvalue weighted by Gasteiger charge is -2.40. The van der Waals surface area contributed by atoms with E-state index in [0.717, 1.165) is 0 Å². The van der Waals surface area contributed by atoms with E-state index in [2.05, 4.69) is 40.8 Å². The average molecular weight is 242 g/mol. The smallest absolute Gasteiger partial charge is 0.279 e. The SMILES string of the molecule is CCCCCCB(OC)[Si](C)(C)C(C)(C)C. The number of rotatable bonds is 7. The van der Waals surface area contributed by atoms with Gasteiger partial charge in [-0.25, -0.2) is 0 Å². The molecule has 96 valence electrons. The fourth-order valence-corrected chi connectivity index (χ4v) is 4.49. The summed E-state index contributed by atoms with van der Waals surface area (Å²) >= 11 is 0. The van der Waals surface area contributed by atoms with Crippen LogP contribution in [0.2, 0.25) is 24.5 Å². The van der Waals surface area contributed by atoms with Crippen LogP contribution in [0.1, 0.15) is 53.4 Å². The maximum atomic E-state index is 5.78. The van der Waals surface area contributed by atoms with Gasteiger partial charge < -0.3 is 4.65 Å². The Hall–Kier alpha value is 0.242. The first-order valence-electron chi connectivity index (χ1n) is 6.80. The van der Waals surface area contributed by atoms with Crippen molar-refractivity contribution < 1.29 is 4.65 Å². The van der Waals surface area contributed by atoms with Crippen LogP contribution in [0, 0.1) is 0 Å². The van der Waals surface area contributed by atoms with Gasteiger partial charge in [0.25, 0.3) is 6.51 Å². The Kier molecular flexibility index (Phi) is 6.96. The minimum Gasteiger partial charge on any atom is -0.441 e. The van der Waals surface area contributed by atoms with E-state index in [1.54, 1.807) is 0 Å². The standard InChI is InChI=1S/C13H31BOSi/c1-8-9-10-11-12-14(15-5)16(6,7)13(2,3)4/h8-12H2,1-7H3. The highest BCUT2D eigenvalue weighted by Gasteiger charge is 2.44. The second-order valence-corrected chi connectivity index (χ2v) is 12.1. The van der Waals surface area contributed by atoms with Gasteiger partial charge in [-0.15, -0.1) is 0 Å². The highest BCUT2D eigenvalue weighted by atomic mass is 28.3. The van der Waals surface area contributed by atoms with E-state index in [1.807, 2.05) is 7.11 Å². The molecule has 0 spiro atoms. The molecule has 0 fully saturated rings. The van der Waals surface area contributed by atoms with Crippen molar-refractivity contribution in [1.82, 2.24) is 0 Å². The minimum absolute atomic E-state index is 0.429. The second-order valence-electron chi connectivity index (χ2n) is 6.55. The minimum atomic E-state index is -1.32. The molecule has 0 aliphatic heterocycles. The molecule has 0 saturated heterocycles. The maximum absolute atomic E-state index is 5.78. The van der Waals surface area contributed by atoms with Crippen LogP contribution < -0.4 is 0 Å². The number of hydrogen-bond acceptors (Lipinski definition) is 1. The van der Waals surface area contributed by atoms with Gasteiger partial charge in [0.15, 0.2) is 0 Å². The molecule has 0 amide bonds. The van der Waals surface area contributed by atoms with Crippen molar-refractivity contribution in [3.8, 4) is 0 Å². The van der Waals surface area contributed by atoms with E-state index in [9.17, 15) is 0 Å². The summed E-state index contributed by atoms with van der Waals surface area (Å²) in [7, 11) is 0.577. The van der Waals surface area contributed by atoms with Crippen molar-refractivity contribution in [2.45, 2.75) is 77.8 Å². The Bertz CT molecular complexity index is 187. The predicted molar refractivity (Wildman–Crippen MR) is 78.9 cm³/mol. The molecular formula is C13H31BOSi. The number of hydrogen-bond donors (Lipinski definition) is 0. The largest absolute Gasteiger partial charge is 0.441 e. The van der Waals surface area contributed by atoms with Crippen LogP contribution in [0.4, 0.5) is 0 Å². The Morgan fingerprint density at radius 1 is 1.06 bits per heavy atom. The predicted octanol–water partition coefficient (Wildman–Crippen LogP) is 4.79. The van der Waals surface area contributed by atoms with Crippen LogP contribution in [0.15, 0.2) is 0 Å². The van der Waals surface area contributed by atoms with Gasteiger partial charge in [0.2, 0.25) is 0 Å². The van der Waals surface area contributed by atoms with Crippen LogP contribution in [-0.4, -0.2) is 21.6 Å². The van der Waals surface area contributed by atoms with Gasteiger partial charge in [-0.3, -0.25) is 0 Å². The van der Waals surface area contributed by atoms with E-state index in [0.29, 0.717) is 11.5 Å². The molecule has 16 heavy (non-hydrogen) atoms. The van der Waals surface area contributed by atoms with Crippen molar-refractivity contribution in [2.24, 2.45) is 0 Å². The summed E-state index contributed by atoms with van der Waals surface area (Å²) in [5.74, 6) is 0. The Morgan fingerprint density at radius 2 is 1.62 bits per heavy atom. The normalized spacial score (nSPS) is 12.9. The van der Waals surface area contributed by atoms with Gasteiger partial charge in [-0.2, -0.15) is 0 Å². The molecule has 0 bridgehead atoms. The van der Waals surface area contributed by atoms with E-state index >= 15 is 0 Å². The van der Waals surface area contributed by atoms with Crippen LogP contribution in [-0.2, 0) is 4.65 Å². The van der Waals surface area contributed by atoms with Gasteiger partial charge in [0.1, 0.15) is 0 Å². The molecule has 0 radical (unpaired) electrons. The summed E-state index contributed by atoms with van der Waals surface area (Å²) in [5, 5.41) is 0.429. The van der Waals surface area contributed by atoms with Gasteiger partial charge >= 0.3 is 0 Å². The molecule has 0 saturated carbocycles. The Labute approximate surface area is 104 Å². The van der Waals surface area contributed by atoms with E-state index in [4.69, 9.17) is 4.65 Å². The molecule has 0 N–H and O–H groups in total. The van der Waals surface area contributed by atoms with Gasteiger partial charge in [0, 0.05) is 7.11 Å². The number of unbranched alkanes of at least 4 members (excludes halogenated alkanes) is 3. The molecule has 0 aromatic carbocycles. The zero-order valence-corrected chi connectivity index (χ0v) is 13.5.